The topological polar surface area (TPSA) is 29.9 Å². The lowest BCUT2D eigenvalue weighted by atomic mass is 10.3. The van der Waals surface area contributed by atoms with Crippen molar-refractivity contribution in [3.63, 3.8) is 0 Å². The van der Waals surface area contributed by atoms with Gasteiger partial charge in [0.1, 0.15) is 0 Å². The van der Waals surface area contributed by atoms with E-state index < -0.39 is 12.7 Å². The third kappa shape index (κ3) is 4.33. The Morgan fingerprint density at radius 2 is 2.20 bits per heavy atom. The smallest absolute Gasteiger partial charge is 0.307 e. The molecule has 1 atom stereocenters. The molecule has 0 bridgehead atoms. The summed E-state index contributed by atoms with van der Waals surface area (Å²) in [6.07, 6.45) is -0.667. The van der Waals surface area contributed by atoms with Crippen molar-refractivity contribution in [2.45, 2.75) is 26.1 Å². The number of aryl methyl sites for hydroxylation is 1. The zero-order valence-electron chi connectivity index (χ0n) is 8.67. The van der Waals surface area contributed by atoms with Crippen LogP contribution in [-0.4, -0.2) is 29.0 Å². The van der Waals surface area contributed by atoms with E-state index >= 15 is 0 Å². The van der Waals surface area contributed by atoms with Crippen LogP contribution in [-0.2, 0) is 0 Å². The molecule has 6 heteroatoms. The highest BCUT2D eigenvalue weighted by molar-refractivity contribution is 5.00. The lowest BCUT2D eigenvalue weighted by Gasteiger charge is -2.14. The van der Waals surface area contributed by atoms with E-state index in [4.69, 9.17) is 0 Å². The Labute approximate surface area is 86.3 Å². The molecule has 1 heterocycles. The molecule has 1 N–H and O–H groups in total. The summed E-state index contributed by atoms with van der Waals surface area (Å²) in [7, 11) is 0. The Morgan fingerprint density at radius 1 is 1.53 bits per heavy atom. The highest BCUT2D eigenvalue weighted by Crippen LogP contribution is 2.12. The molecule has 0 aliphatic rings. The summed E-state index contributed by atoms with van der Waals surface area (Å²) >= 11 is 0. The molecule has 1 rings (SSSR count). The summed E-state index contributed by atoms with van der Waals surface area (Å²) in [6, 6.07) is -0.0824. The normalized spacial score (nSPS) is 14.2. The lowest BCUT2D eigenvalue weighted by molar-refractivity contribution is -0.124. The number of rotatable bonds is 4. The molecule has 1 aromatic rings. The van der Waals surface area contributed by atoms with E-state index in [0.29, 0.717) is 0 Å². The summed E-state index contributed by atoms with van der Waals surface area (Å²) in [6.45, 7) is 2.99. The predicted molar refractivity (Wildman–Crippen MR) is 50.6 cm³/mol. The summed E-state index contributed by atoms with van der Waals surface area (Å²) in [5.41, 5.74) is 0.998. The quantitative estimate of drug-likeness (QED) is 0.841. The number of halogens is 3. The van der Waals surface area contributed by atoms with Gasteiger partial charge in [0, 0.05) is 12.7 Å². The van der Waals surface area contributed by atoms with Gasteiger partial charge in [0.15, 0.2) is 0 Å². The number of hydrogen-bond acceptors (Lipinski definition) is 2. The zero-order valence-corrected chi connectivity index (χ0v) is 8.67. The lowest BCUT2D eigenvalue weighted by Crippen LogP contribution is -2.32. The molecule has 3 nitrogen and oxygen atoms in total. The van der Waals surface area contributed by atoms with E-state index in [1.807, 2.05) is 13.8 Å². The van der Waals surface area contributed by atoms with E-state index in [0.717, 1.165) is 5.56 Å². The van der Waals surface area contributed by atoms with Crippen molar-refractivity contribution >= 4 is 0 Å². The second kappa shape index (κ2) is 4.65. The van der Waals surface area contributed by atoms with Crippen LogP contribution in [0.5, 0.6) is 0 Å². The van der Waals surface area contributed by atoms with Gasteiger partial charge < -0.3 is 5.32 Å². The van der Waals surface area contributed by atoms with Gasteiger partial charge in [-0.15, -0.1) is 0 Å². The van der Waals surface area contributed by atoms with E-state index in [9.17, 15) is 13.2 Å². The first-order valence-electron chi connectivity index (χ1n) is 4.67. The van der Waals surface area contributed by atoms with Crippen LogP contribution in [0.15, 0.2) is 12.4 Å². The van der Waals surface area contributed by atoms with Gasteiger partial charge in [0.25, 0.3) is 0 Å². The third-order valence-corrected chi connectivity index (χ3v) is 1.95. The molecule has 0 fully saturated rings. The van der Waals surface area contributed by atoms with Crippen LogP contribution in [0.1, 0.15) is 18.5 Å². The van der Waals surface area contributed by atoms with Gasteiger partial charge in [0.2, 0.25) is 0 Å². The van der Waals surface area contributed by atoms with Crippen molar-refractivity contribution in [1.29, 1.82) is 0 Å². The van der Waals surface area contributed by atoms with Crippen LogP contribution >= 0.6 is 0 Å². The molecule has 0 amide bonds. The predicted octanol–water partition coefficient (Wildman–Crippen LogP) is 1.90. The van der Waals surface area contributed by atoms with Crippen LogP contribution in [0.25, 0.3) is 0 Å². The maximum absolute atomic E-state index is 11.8. The molecule has 1 unspecified atom stereocenters. The maximum Gasteiger partial charge on any atom is 0.401 e. The van der Waals surface area contributed by atoms with Crippen molar-refractivity contribution in [1.82, 2.24) is 15.1 Å². The van der Waals surface area contributed by atoms with Crippen molar-refractivity contribution in [2.24, 2.45) is 0 Å². The van der Waals surface area contributed by atoms with E-state index in [1.165, 1.54) is 0 Å². The number of alkyl halides is 3. The van der Waals surface area contributed by atoms with Crippen LogP contribution in [0.2, 0.25) is 0 Å². The SMILES string of the molecule is Cc1cnn(C(C)CNCC(F)(F)F)c1. The third-order valence-electron chi connectivity index (χ3n) is 1.95. The van der Waals surface area contributed by atoms with E-state index in [2.05, 4.69) is 10.4 Å². The first-order chi connectivity index (χ1) is 6.88. The van der Waals surface area contributed by atoms with Gasteiger partial charge in [-0.3, -0.25) is 4.68 Å². The van der Waals surface area contributed by atoms with Crippen molar-refractivity contribution < 1.29 is 13.2 Å². The standard InChI is InChI=1S/C9H14F3N3/c1-7-3-14-15(5-7)8(2)4-13-6-9(10,11)12/h3,5,8,13H,4,6H2,1-2H3. The Morgan fingerprint density at radius 3 is 2.67 bits per heavy atom. The van der Waals surface area contributed by atoms with Gasteiger partial charge in [0.05, 0.1) is 18.8 Å². The average Bonchev–Trinajstić information content (AvgIpc) is 2.49. The molecule has 86 valence electrons. The molecule has 15 heavy (non-hydrogen) atoms. The number of nitrogens with one attached hydrogen (secondary N) is 1. The first-order valence-corrected chi connectivity index (χ1v) is 4.67. The molecule has 0 saturated carbocycles. The first kappa shape index (κ1) is 12.0. The minimum Gasteiger partial charge on any atom is -0.307 e. The maximum atomic E-state index is 11.8. The Balaban J connectivity index is 2.34. The monoisotopic (exact) mass is 221 g/mol. The fourth-order valence-electron chi connectivity index (χ4n) is 1.19. The number of hydrogen-bond donors (Lipinski definition) is 1. The molecular formula is C9H14F3N3. The van der Waals surface area contributed by atoms with Gasteiger partial charge in [-0.2, -0.15) is 18.3 Å². The number of aromatic nitrogens is 2. The van der Waals surface area contributed by atoms with E-state index in [1.54, 1.807) is 17.1 Å². The zero-order chi connectivity index (χ0) is 11.5. The minimum atomic E-state index is -4.15. The molecule has 0 spiro atoms. The number of nitrogens with zero attached hydrogens (tertiary/aromatic N) is 2. The second-order valence-corrected chi connectivity index (χ2v) is 3.59. The fourth-order valence-corrected chi connectivity index (χ4v) is 1.19. The summed E-state index contributed by atoms with van der Waals surface area (Å²) < 4.78 is 37.1. The molecular weight excluding hydrogens is 207 g/mol. The Hall–Kier alpha value is -1.04. The minimum absolute atomic E-state index is 0.0824. The van der Waals surface area contributed by atoms with Crippen LogP contribution in [0.3, 0.4) is 0 Å². The van der Waals surface area contributed by atoms with Crippen molar-refractivity contribution in [3.8, 4) is 0 Å². The Bertz CT molecular complexity index is 306. The molecule has 0 aromatic carbocycles. The van der Waals surface area contributed by atoms with Crippen molar-refractivity contribution in [2.75, 3.05) is 13.1 Å². The van der Waals surface area contributed by atoms with Crippen LogP contribution < -0.4 is 5.32 Å². The average molecular weight is 221 g/mol. The molecule has 0 saturated heterocycles. The van der Waals surface area contributed by atoms with Gasteiger partial charge in [-0.25, -0.2) is 0 Å². The van der Waals surface area contributed by atoms with E-state index in [-0.39, 0.29) is 12.6 Å². The van der Waals surface area contributed by atoms with Gasteiger partial charge in [-0.1, -0.05) is 0 Å². The fraction of sp³-hybridized carbons (Fsp3) is 0.667. The van der Waals surface area contributed by atoms with Gasteiger partial charge >= 0.3 is 6.18 Å². The van der Waals surface area contributed by atoms with Crippen molar-refractivity contribution in [3.05, 3.63) is 18.0 Å². The highest BCUT2D eigenvalue weighted by atomic mass is 19.4. The van der Waals surface area contributed by atoms with Gasteiger partial charge in [-0.05, 0) is 19.4 Å². The molecule has 0 aliphatic heterocycles. The van der Waals surface area contributed by atoms with Crippen LogP contribution in [0.4, 0.5) is 13.2 Å². The summed E-state index contributed by atoms with van der Waals surface area (Å²) in [5.74, 6) is 0. The molecule has 0 aliphatic carbocycles. The highest BCUT2D eigenvalue weighted by Gasteiger charge is 2.26. The molecule has 1 aromatic heterocycles. The molecule has 0 radical (unpaired) electrons. The summed E-state index contributed by atoms with van der Waals surface area (Å²) in [4.78, 5) is 0. The summed E-state index contributed by atoms with van der Waals surface area (Å²) in [5, 5.41) is 6.37. The van der Waals surface area contributed by atoms with Crippen LogP contribution in [0, 0.1) is 6.92 Å². The second-order valence-electron chi connectivity index (χ2n) is 3.59. The Kier molecular flexibility index (Phi) is 3.73. The largest absolute Gasteiger partial charge is 0.401 e.